The number of thiophene rings is 1. The Kier molecular flexibility index (Phi) is 4.64. The standard InChI is InChI=1S/C18H19N3O3S/c1-3-24-18(23)15-11-6-4-5-7-13(11)25-17(15)21-14(22)8-10(2)12(9-19)16(21)20/h8H,3-7,20H2,1-2H3. The lowest BCUT2D eigenvalue weighted by Gasteiger charge is -2.14. The van der Waals surface area contributed by atoms with Gasteiger partial charge in [0.05, 0.1) is 17.7 Å². The van der Waals surface area contributed by atoms with Crippen LogP contribution in [0.2, 0.25) is 0 Å². The van der Waals surface area contributed by atoms with Crippen LogP contribution in [-0.2, 0) is 17.6 Å². The molecule has 0 saturated carbocycles. The molecule has 0 spiro atoms. The molecule has 130 valence electrons. The number of carbonyl (C=O) groups is 1. The zero-order valence-electron chi connectivity index (χ0n) is 14.2. The molecule has 0 aliphatic heterocycles. The number of hydrogen-bond acceptors (Lipinski definition) is 6. The molecule has 7 heteroatoms. The van der Waals surface area contributed by atoms with Gasteiger partial charge in [-0.15, -0.1) is 11.3 Å². The minimum Gasteiger partial charge on any atom is -0.462 e. The van der Waals surface area contributed by atoms with Gasteiger partial charge in [0.2, 0.25) is 0 Å². The number of nitrogens with two attached hydrogens (primary N) is 1. The second kappa shape index (κ2) is 6.73. The van der Waals surface area contributed by atoms with Crippen molar-refractivity contribution in [2.45, 2.75) is 39.5 Å². The molecule has 25 heavy (non-hydrogen) atoms. The lowest BCUT2D eigenvalue weighted by molar-refractivity contribution is 0.0525. The van der Waals surface area contributed by atoms with E-state index in [1.807, 2.05) is 6.07 Å². The van der Waals surface area contributed by atoms with E-state index in [4.69, 9.17) is 10.5 Å². The van der Waals surface area contributed by atoms with Crippen LogP contribution in [0.3, 0.4) is 0 Å². The maximum atomic E-state index is 12.6. The third kappa shape index (κ3) is 2.83. The highest BCUT2D eigenvalue weighted by atomic mass is 32.1. The molecule has 1 aliphatic carbocycles. The fourth-order valence-corrected chi connectivity index (χ4v) is 4.63. The number of rotatable bonds is 3. The Bertz CT molecular complexity index is 950. The lowest BCUT2D eigenvalue weighted by Crippen LogP contribution is -2.24. The number of nitrogens with zero attached hydrogens (tertiary/aromatic N) is 2. The average Bonchev–Trinajstić information content (AvgIpc) is 2.94. The van der Waals surface area contributed by atoms with Crippen LogP contribution >= 0.6 is 11.3 Å². The molecule has 2 N–H and O–H groups in total. The summed E-state index contributed by atoms with van der Waals surface area (Å²) >= 11 is 1.40. The van der Waals surface area contributed by atoms with Gasteiger partial charge in [0.1, 0.15) is 16.9 Å². The fraction of sp³-hybridized carbons (Fsp3) is 0.389. The molecule has 6 nitrogen and oxygen atoms in total. The highest BCUT2D eigenvalue weighted by molar-refractivity contribution is 7.15. The summed E-state index contributed by atoms with van der Waals surface area (Å²) in [6.07, 6.45) is 3.71. The maximum absolute atomic E-state index is 12.6. The molecule has 2 heterocycles. The number of esters is 1. The number of aryl methyl sites for hydroxylation is 2. The Morgan fingerprint density at radius 3 is 2.84 bits per heavy atom. The van der Waals surface area contributed by atoms with Crippen molar-refractivity contribution in [2.75, 3.05) is 12.3 Å². The van der Waals surface area contributed by atoms with Crippen LogP contribution in [-0.4, -0.2) is 17.1 Å². The molecule has 1 aliphatic rings. The normalized spacial score (nSPS) is 13.2. The van der Waals surface area contributed by atoms with E-state index >= 15 is 0 Å². The first kappa shape index (κ1) is 17.2. The molecular formula is C18H19N3O3S. The van der Waals surface area contributed by atoms with Crippen molar-refractivity contribution in [2.24, 2.45) is 0 Å². The zero-order valence-corrected chi connectivity index (χ0v) is 15.0. The number of hydrogen-bond donors (Lipinski definition) is 1. The summed E-state index contributed by atoms with van der Waals surface area (Å²) in [5.41, 5.74) is 7.93. The number of aromatic nitrogens is 1. The second-order valence-corrected chi connectivity index (χ2v) is 7.07. The Morgan fingerprint density at radius 2 is 2.16 bits per heavy atom. The van der Waals surface area contributed by atoms with Gasteiger partial charge in [-0.05, 0) is 50.7 Å². The molecule has 0 radical (unpaired) electrons. The summed E-state index contributed by atoms with van der Waals surface area (Å²) in [7, 11) is 0. The Balaban J connectivity index is 2.32. The van der Waals surface area contributed by atoms with E-state index in [0.29, 0.717) is 16.1 Å². The number of fused-ring (bicyclic) bond motifs is 1. The summed E-state index contributed by atoms with van der Waals surface area (Å²) < 4.78 is 6.50. The van der Waals surface area contributed by atoms with Gasteiger partial charge in [-0.3, -0.25) is 9.36 Å². The van der Waals surface area contributed by atoms with E-state index in [1.54, 1.807) is 13.8 Å². The second-order valence-electron chi connectivity index (χ2n) is 5.98. The summed E-state index contributed by atoms with van der Waals surface area (Å²) in [6.45, 7) is 3.67. The van der Waals surface area contributed by atoms with Crippen LogP contribution in [0.1, 0.15) is 51.7 Å². The van der Waals surface area contributed by atoms with Crippen molar-refractivity contribution >= 4 is 23.1 Å². The smallest absolute Gasteiger partial charge is 0.341 e. The van der Waals surface area contributed by atoms with Crippen molar-refractivity contribution in [1.82, 2.24) is 4.57 Å². The largest absolute Gasteiger partial charge is 0.462 e. The predicted octanol–water partition coefficient (Wildman–Crippen LogP) is 2.72. The Labute approximate surface area is 149 Å². The monoisotopic (exact) mass is 357 g/mol. The minimum atomic E-state index is -0.442. The Hall–Kier alpha value is -2.59. The van der Waals surface area contributed by atoms with E-state index in [0.717, 1.165) is 36.1 Å². The van der Waals surface area contributed by atoms with Gasteiger partial charge in [0.25, 0.3) is 5.56 Å². The molecule has 0 aromatic carbocycles. The molecule has 0 atom stereocenters. The molecule has 0 bridgehead atoms. The average molecular weight is 357 g/mol. The van der Waals surface area contributed by atoms with Crippen LogP contribution in [0.4, 0.5) is 5.82 Å². The fourth-order valence-electron chi connectivity index (χ4n) is 3.23. The van der Waals surface area contributed by atoms with Gasteiger partial charge in [-0.1, -0.05) is 0 Å². The van der Waals surface area contributed by atoms with Crippen molar-refractivity contribution in [3.05, 3.63) is 43.6 Å². The van der Waals surface area contributed by atoms with E-state index in [-0.39, 0.29) is 23.5 Å². The summed E-state index contributed by atoms with van der Waals surface area (Å²) in [4.78, 5) is 26.3. The predicted molar refractivity (Wildman–Crippen MR) is 96.4 cm³/mol. The quantitative estimate of drug-likeness (QED) is 0.852. The molecule has 0 saturated heterocycles. The van der Waals surface area contributed by atoms with Crippen LogP contribution < -0.4 is 11.3 Å². The van der Waals surface area contributed by atoms with Crippen molar-refractivity contribution in [3.8, 4) is 11.1 Å². The molecular weight excluding hydrogens is 338 g/mol. The van der Waals surface area contributed by atoms with Gasteiger partial charge < -0.3 is 10.5 Å². The van der Waals surface area contributed by atoms with Gasteiger partial charge in [0, 0.05) is 10.9 Å². The summed E-state index contributed by atoms with van der Waals surface area (Å²) in [5.74, 6) is -0.376. The first-order chi connectivity index (χ1) is 12.0. The third-order valence-corrected chi connectivity index (χ3v) is 5.68. The Morgan fingerprint density at radius 1 is 1.44 bits per heavy atom. The van der Waals surface area contributed by atoms with Gasteiger partial charge in [-0.2, -0.15) is 5.26 Å². The van der Waals surface area contributed by atoms with Gasteiger partial charge in [0.15, 0.2) is 0 Å². The number of pyridine rings is 1. The van der Waals surface area contributed by atoms with Crippen molar-refractivity contribution in [1.29, 1.82) is 5.26 Å². The van der Waals surface area contributed by atoms with Crippen LogP contribution in [0.25, 0.3) is 5.00 Å². The SMILES string of the molecule is CCOC(=O)c1c(-n2c(N)c(C#N)c(C)cc2=O)sc2c1CCCC2. The van der Waals surface area contributed by atoms with Gasteiger partial charge >= 0.3 is 5.97 Å². The molecule has 2 aromatic heterocycles. The van der Waals surface area contributed by atoms with E-state index in [2.05, 4.69) is 0 Å². The van der Waals surface area contributed by atoms with E-state index in [9.17, 15) is 14.9 Å². The number of ether oxygens (including phenoxy) is 1. The molecule has 0 amide bonds. The minimum absolute atomic E-state index is 0.0663. The van der Waals surface area contributed by atoms with Crippen LogP contribution in [0.15, 0.2) is 10.9 Å². The first-order valence-electron chi connectivity index (χ1n) is 8.23. The number of nitrogen functional groups attached to an aromatic ring is 1. The number of nitriles is 1. The lowest BCUT2D eigenvalue weighted by atomic mass is 9.95. The topological polar surface area (TPSA) is 98.1 Å². The van der Waals surface area contributed by atoms with Gasteiger partial charge in [-0.25, -0.2) is 4.79 Å². The summed E-state index contributed by atoms with van der Waals surface area (Å²) in [5, 5.41) is 9.82. The zero-order chi connectivity index (χ0) is 18.1. The van der Waals surface area contributed by atoms with Crippen LogP contribution in [0.5, 0.6) is 0 Å². The van der Waals surface area contributed by atoms with Crippen molar-refractivity contribution < 1.29 is 9.53 Å². The maximum Gasteiger partial charge on any atom is 0.341 e. The molecule has 0 fully saturated rings. The highest BCUT2D eigenvalue weighted by Gasteiger charge is 2.29. The number of anilines is 1. The first-order valence-corrected chi connectivity index (χ1v) is 9.05. The molecule has 0 unspecified atom stereocenters. The van der Waals surface area contributed by atoms with E-state index in [1.165, 1.54) is 22.0 Å². The third-order valence-electron chi connectivity index (χ3n) is 4.40. The van der Waals surface area contributed by atoms with Crippen LogP contribution in [0, 0.1) is 18.3 Å². The molecule has 2 aromatic rings. The number of carbonyl (C=O) groups excluding carboxylic acids is 1. The molecule has 3 rings (SSSR count). The van der Waals surface area contributed by atoms with E-state index < -0.39 is 5.97 Å². The summed E-state index contributed by atoms with van der Waals surface area (Å²) in [6, 6.07) is 3.42. The van der Waals surface area contributed by atoms with Crippen molar-refractivity contribution in [3.63, 3.8) is 0 Å². The highest BCUT2D eigenvalue weighted by Crippen LogP contribution is 2.38.